The molecule has 0 saturated carbocycles. The van der Waals surface area contributed by atoms with Gasteiger partial charge in [0.05, 0.1) is 16.3 Å². The van der Waals surface area contributed by atoms with Crippen molar-refractivity contribution in [3.05, 3.63) is 69.3 Å². The van der Waals surface area contributed by atoms with Crippen LogP contribution in [0.5, 0.6) is 5.88 Å². The van der Waals surface area contributed by atoms with Crippen LogP contribution in [0.1, 0.15) is 29.9 Å². The minimum Gasteiger partial charge on any atom is -0.493 e. The summed E-state index contributed by atoms with van der Waals surface area (Å²) in [6.45, 7) is 4.13. The normalized spacial score (nSPS) is 15.3. The van der Waals surface area contributed by atoms with Crippen LogP contribution in [0.15, 0.2) is 58.5 Å². The number of benzene rings is 2. The molecule has 0 aliphatic carbocycles. The molecule has 0 amide bonds. The number of nitrogens with zero attached hydrogens (tertiary/aromatic N) is 3. The van der Waals surface area contributed by atoms with E-state index in [1.165, 1.54) is 16.9 Å². The topological polar surface area (TPSA) is 49.9 Å². The van der Waals surface area contributed by atoms with Crippen molar-refractivity contribution in [3.8, 4) is 5.88 Å². The van der Waals surface area contributed by atoms with Crippen molar-refractivity contribution in [1.82, 2.24) is 4.57 Å². The molecule has 4 nitrogen and oxygen atoms in total. The average molecular weight is 375 g/mol. The Morgan fingerprint density at radius 2 is 1.89 bits per heavy atom. The summed E-state index contributed by atoms with van der Waals surface area (Å²) >= 11 is 1.47. The molecule has 3 aromatic rings. The molecule has 2 aromatic carbocycles. The molecular formula is C22H21N3OS. The van der Waals surface area contributed by atoms with Crippen molar-refractivity contribution in [2.45, 2.75) is 20.3 Å². The molecule has 4 rings (SSSR count). The van der Waals surface area contributed by atoms with E-state index in [-0.39, 0.29) is 5.88 Å². The maximum Gasteiger partial charge on any atom is 0.210 e. The van der Waals surface area contributed by atoms with Crippen LogP contribution in [0, 0.1) is 0 Å². The van der Waals surface area contributed by atoms with Gasteiger partial charge in [0.1, 0.15) is 0 Å². The van der Waals surface area contributed by atoms with Gasteiger partial charge in [-0.1, -0.05) is 48.6 Å². The largest absolute Gasteiger partial charge is 0.493 e. The number of thiazole rings is 1. The van der Waals surface area contributed by atoms with Gasteiger partial charge in [0.25, 0.3) is 0 Å². The van der Waals surface area contributed by atoms with E-state index in [2.05, 4.69) is 30.1 Å². The predicted octanol–water partition coefficient (Wildman–Crippen LogP) is 5.23. The van der Waals surface area contributed by atoms with Crippen molar-refractivity contribution >= 4 is 40.1 Å². The van der Waals surface area contributed by atoms with E-state index in [0.29, 0.717) is 0 Å². The van der Waals surface area contributed by atoms with Crippen LogP contribution in [0.2, 0.25) is 0 Å². The fourth-order valence-corrected chi connectivity index (χ4v) is 4.10. The third-order valence-corrected chi connectivity index (χ3v) is 5.81. The monoisotopic (exact) mass is 375 g/mol. The maximum absolute atomic E-state index is 10.6. The fraction of sp³-hybridized carbons (Fsp3) is 0.182. The van der Waals surface area contributed by atoms with Crippen LogP contribution in [0.4, 0.5) is 11.4 Å². The van der Waals surface area contributed by atoms with E-state index in [1.54, 1.807) is 4.57 Å². The van der Waals surface area contributed by atoms with Crippen LogP contribution in [0.3, 0.4) is 0 Å². The molecule has 0 bridgehead atoms. The van der Waals surface area contributed by atoms with Crippen LogP contribution < -0.4 is 4.80 Å². The summed E-state index contributed by atoms with van der Waals surface area (Å²) in [5.41, 5.74) is 6.24. The lowest BCUT2D eigenvalue weighted by atomic mass is 10.0. The van der Waals surface area contributed by atoms with Gasteiger partial charge in [-0.15, -0.1) is 0 Å². The molecule has 1 aromatic heterocycles. The first-order valence-electron chi connectivity index (χ1n) is 8.96. The van der Waals surface area contributed by atoms with Crippen LogP contribution in [-0.4, -0.2) is 15.4 Å². The van der Waals surface area contributed by atoms with Crippen LogP contribution in [0.25, 0.3) is 11.6 Å². The van der Waals surface area contributed by atoms with Crippen LogP contribution >= 0.6 is 11.3 Å². The molecule has 5 heteroatoms. The zero-order valence-electron chi connectivity index (χ0n) is 15.6. The van der Waals surface area contributed by atoms with Gasteiger partial charge in [0.2, 0.25) is 5.88 Å². The quantitative estimate of drug-likeness (QED) is 0.669. The Balaban J connectivity index is 1.77. The Morgan fingerprint density at radius 1 is 1.15 bits per heavy atom. The van der Waals surface area contributed by atoms with Gasteiger partial charge in [0, 0.05) is 23.9 Å². The van der Waals surface area contributed by atoms with Gasteiger partial charge in [-0.2, -0.15) is 0 Å². The highest BCUT2D eigenvalue weighted by Gasteiger charge is 2.18. The number of aliphatic imine (C=N–C) groups is 1. The molecule has 1 aliphatic heterocycles. The second-order valence-electron chi connectivity index (χ2n) is 6.54. The van der Waals surface area contributed by atoms with E-state index in [4.69, 9.17) is 4.99 Å². The summed E-state index contributed by atoms with van der Waals surface area (Å²) in [5.74, 6) is 0.216. The molecule has 0 atom stereocenters. The zero-order chi connectivity index (χ0) is 19.0. The number of hydrogen-bond donors (Lipinski definition) is 1. The first-order valence-corrected chi connectivity index (χ1v) is 9.77. The number of aryl methyl sites for hydroxylation is 1. The minimum atomic E-state index is 0.216. The highest BCUT2D eigenvalue weighted by atomic mass is 32.1. The van der Waals surface area contributed by atoms with E-state index < -0.39 is 0 Å². The molecule has 27 heavy (non-hydrogen) atoms. The maximum atomic E-state index is 10.6. The molecule has 0 radical (unpaired) electrons. The Labute approximate surface area is 162 Å². The van der Waals surface area contributed by atoms with Gasteiger partial charge in [0.15, 0.2) is 4.80 Å². The average Bonchev–Trinajstić information content (AvgIpc) is 3.14. The number of fused-ring (bicyclic) bond motifs is 1. The first-order chi connectivity index (χ1) is 13.1. The Bertz CT molecular complexity index is 1130. The van der Waals surface area contributed by atoms with Crippen molar-refractivity contribution in [2.75, 3.05) is 0 Å². The molecule has 0 unspecified atom stereocenters. The van der Waals surface area contributed by atoms with Gasteiger partial charge >= 0.3 is 0 Å². The standard InChI is InChI=1S/C22H21N3OS/c1-4-15-9-11-16(12-10-15)24-22-25(3)21(26)20(27-22)13-18-14(2)23-19-8-6-5-7-17(18)19/h5-13,26H,4H2,1-3H3/b18-13-,24-22?. The smallest absolute Gasteiger partial charge is 0.210 e. The third kappa shape index (κ3) is 3.26. The Hall–Kier alpha value is -2.92. The molecule has 1 N–H and O–H groups in total. The van der Waals surface area contributed by atoms with Crippen molar-refractivity contribution in [1.29, 1.82) is 0 Å². The number of aromatic nitrogens is 1. The van der Waals surface area contributed by atoms with Crippen LogP contribution in [-0.2, 0) is 13.5 Å². The number of allylic oxidation sites excluding steroid dienone is 1. The van der Waals surface area contributed by atoms with Gasteiger partial charge in [-0.25, -0.2) is 4.99 Å². The summed E-state index contributed by atoms with van der Waals surface area (Å²) < 4.78 is 1.72. The molecule has 0 fully saturated rings. The zero-order valence-corrected chi connectivity index (χ0v) is 16.4. The first kappa shape index (κ1) is 17.5. The van der Waals surface area contributed by atoms with Crippen molar-refractivity contribution in [2.24, 2.45) is 17.0 Å². The highest BCUT2D eigenvalue weighted by Crippen LogP contribution is 2.37. The summed E-state index contributed by atoms with van der Waals surface area (Å²) in [6.07, 6.45) is 3.01. The lowest BCUT2D eigenvalue weighted by Crippen LogP contribution is -2.08. The van der Waals surface area contributed by atoms with E-state index in [0.717, 1.165) is 44.3 Å². The fourth-order valence-electron chi connectivity index (χ4n) is 3.12. The second kappa shape index (κ2) is 7.00. The molecule has 1 aliphatic rings. The Kier molecular flexibility index (Phi) is 4.54. The third-order valence-electron chi connectivity index (χ3n) is 4.74. The number of hydrogen-bond acceptors (Lipinski definition) is 4. The predicted molar refractivity (Wildman–Crippen MR) is 113 cm³/mol. The minimum absolute atomic E-state index is 0.216. The lowest BCUT2D eigenvalue weighted by molar-refractivity contribution is 0.427. The summed E-state index contributed by atoms with van der Waals surface area (Å²) in [6, 6.07) is 16.3. The molecule has 136 valence electrons. The summed E-state index contributed by atoms with van der Waals surface area (Å²) in [4.78, 5) is 10.8. The molecule has 0 saturated heterocycles. The molecule has 0 spiro atoms. The second-order valence-corrected chi connectivity index (χ2v) is 7.54. The highest BCUT2D eigenvalue weighted by molar-refractivity contribution is 7.10. The number of para-hydroxylation sites is 1. The van der Waals surface area contributed by atoms with E-state index >= 15 is 0 Å². The lowest BCUT2D eigenvalue weighted by Gasteiger charge is -2.01. The van der Waals surface area contributed by atoms with Gasteiger partial charge < -0.3 is 5.11 Å². The number of rotatable bonds is 3. The summed E-state index contributed by atoms with van der Waals surface area (Å²) in [7, 11) is 1.83. The van der Waals surface area contributed by atoms with Gasteiger partial charge in [-0.3, -0.25) is 9.56 Å². The van der Waals surface area contributed by atoms with E-state index in [1.807, 2.05) is 50.4 Å². The molecular weight excluding hydrogens is 354 g/mol. The Morgan fingerprint density at radius 3 is 2.63 bits per heavy atom. The van der Waals surface area contributed by atoms with Gasteiger partial charge in [-0.05, 0) is 43.2 Å². The summed E-state index contributed by atoms with van der Waals surface area (Å²) in [5, 5.41) is 10.6. The van der Waals surface area contributed by atoms with Crippen molar-refractivity contribution < 1.29 is 5.11 Å². The van der Waals surface area contributed by atoms with E-state index in [9.17, 15) is 5.11 Å². The number of aromatic hydroxyl groups is 1. The van der Waals surface area contributed by atoms with Crippen molar-refractivity contribution in [3.63, 3.8) is 0 Å². The molecule has 2 heterocycles. The SMILES string of the molecule is CCc1ccc(N=c2sc(/C=C3/C(C)=Nc4ccccc43)c(O)n2C)cc1.